The molecule has 1 aliphatic carbocycles. The SMILES string of the molecule is Cc1ccc2c(c1)N(c1ccccc1)C1=CCCC12. The molecule has 0 saturated heterocycles. The third-order valence-corrected chi connectivity index (χ3v) is 4.24. The highest BCUT2D eigenvalue weighted by molar-refractivity contribution is 5.79. The summed E-state index contributed by atoms with van der Waals surface area (Å²) in [4.78, 5) is 2.44. The molecule has 0 amide bonds. The summed E-state index contributed by atoms with van der Waals surface area (Å²) in [6.07, 6.45) is 4.87. The summed E-state index contributed by atoms with van der Waals surface area (Å²) >= 11 is 0. The van der Waals surface area contributed by atoms with Crippen molar-refractivity contribution in [2.24, 2.45) is 0 Å². The first-order valence-electron chi connectivity index (χ1n) is 7.00. The first-order chi connectivity index (χ1) is 9.34. The zero-order chi connectivity index (χ0) is 12.8. The van der Waals surface area contributed by atoms with Crippen molar-refractivity contribution in [3.05, 3.63) is 71.4 Å². The monoisotopic (exact) mass is 247 g/mol. The van der Waals surface area contributed by atoms with Crippen LogP contribution in [0.15, 0.2) is 60.3 Å². The summed E-state index contributed by atoms with van der Waals surface area (Å²) in [7, 11) is 0. The van der Waals surface area contributed by atoms with Gasteiger partial charge in [-0.3, -0.25) is 0 Å². The molecular weight excluding hydrogens is 230 g/mol. The molecule has 19 heavy (non-hydrogen) atoms. The first-order valence-corrected chi connectivity index (χ1v) is 7.00. The van der Waals surface area contributed by atoms with E-state index < -0.39 is 0 Å². The fourth-order valence-electron chi connectivity index (χ4n) is 3.40. The fourth-order valence-corrected chi connectivity index (χ4v) is 3.40. The molecule has 1 aliphatic heterocycles. The van der Waals surface area contributed by atoms with E-state index in [9.17, 15) is 0 Å². The Morgan fingerprint density at radius 1 is 1.05 bits per heavy atom. The van der Waals surface area contributed by atoms with E-state index in [0.29, 0.717) is 5.92 Å². The molecule has 4 rings (SSSR count). The average molecular weight is 247 g/mol. The van der Waals surface area contributed by atoms with Crippen LogP contribution in [0.25, 0.3) is 0 Å². The van der Waals surface area contributed by atoms with Crippen molar-refractivity contribution in [1.82, 2.24) is 0 Å². The standard InChI is InChI=1S/C18H17N/c1-13-10-11-16-15-8-5-9-17(15)19(18(16)12-13)14-6-3-2-4-7-14/h2-4,6-7,9-12,15H,5,8H2,1H3. The molecule has 1 nitrogen and oxygen atoms in total. The van der Waals surface area contributed by atoms with E-state index in [1.54, 1.807) is 0 Å². The Hall–Kier alpha value is -2.02. The van der Waals surface area contributed by atoms with E-state index in [1.807, 2.05) is 0 Å². The molecule has 2 aliphatic rings. The van der Waals surface area contributed by atoms with Gasteiger partial charge in [0.2, 0.25) is 0 Å². The van der Waals surface area contributed by atoms with Gasteiger partial charge in [0.05, 0.1) is 0 Å². The molecule has 2 aromatic rings. The number of hydrogen-bond acceptors (Lipinski definition) is 1. The highest BCUT2D eigenvalue weighted by Gasteiger charge is 2.36. The quantitative estimate of drug-likeness (QED) is 0.692. The number of nitrogens with zero attached hydrogens (tertiary/aromatic N) is 1. The van der Waals surface area contributed by atoms with E-state index >= 15 is 0 Å². The molecule has 0 fully saturated rings. The van der Waals surface area contributed by atoms with Crippen molar-refractivity contribution in [2.75, 3.05) is 4.90 Å². The topological polar surface area (TPSA) is 3.24 Å². The summed E-state index contributed by atoms with van der Waals surface area (Å²) in [5.41, 5.74) is 6.97. The van der Waals surface area contributed by atoms with Crippen LogP contribution in [0.1, 0.15) is 29.9 Å². The molecule has 1 unspecified atom stereocenters. The van der Waals surface area contributed by atoms with Gasteiger partial charge in [0, 0.05) is 23.0 Å². The molecule has 1 heterocycles. The summed E-state index contributed by atoms with van der Waals surface area (Å²) in [6, 6.07) is 17.6. The lowest BCUT2D eigenvalue weighted by Crippen LogP contribution is -2.11. The van der Waals surface area contributed by atoms with Gasteiger partial charge in [0.15, 0.2) is 0 Å². The van der Waals surface area contributed by atoms with Crippen LogP contribution in [0.4, 0.5) is 11.4 Å². The highest BCUT2D eigenvalue weighted by Crippen LogP contribution is 2.52. The van der Waals surface area contributed by atoms with Crippen LogP contribution < -0.4 is 4.90 Å². The minimum atomic E-state index is 0.607. The van der Waals surface area contributed by atoms with Crippen molar-refractivity contribution in [2.45, 2.75) is 25.7 Å². The number of hydrogen-bond donors (Lipinski definition) is 0. The first kappa shape index (κ1) is 10.9. The van der Waals surface area contributed by atoms with Gasteiger partial charge < -0.3 is 4.90 Å². The molecule has 0 N–H and O–H groups in total. The summed E-state index contributed by atoms with van der Waals surface area (Å²) < 4.78 is 0. The van der Waals surface area contributed by atoms with Crippen molar-refractivity contribution in [3.8, 4) is 0 Å². The van der Waals surface area contributed by atoms with Crippen LogP contribution in [0, 0.1) is 6.92 Å². The lowest BCUT2D eigenvalue weighted by atomic mass is 9.98. The minimum Gasteiger partial charge on any atom is -0.314 e. The van der Waals surface area contributed by atoms with Crippen LogP contribution >= 0.6 is 0 Å². The number of anilines is 2. The Kier molecular flexibility index (Phi) is 2.28. The van der Waals surface area contributed by atoms with E-state index in [4.69, 9.17) is 0 Å². The highest BCUT2D eigenvalue weighted by atomic mass is 15.2. The number of allylic oxidation sites excluding steroid dienone is 2. The Morgan fingerprint density at radius 3 is 2.74 bits per heavy atom. The van der Waals surface area contributed by atoms with Crippen molar-refractivity contribution < 1.29 is 0 Å². The van der Waals surface area contributed by atoms with Gasteiger partial charge in [-0.05, 0) is 49.1 Å². The zero-order valence-corrected chi connectivity index (χ0v) is 11.1. The average Bonchev–Trinajstić information content (AvgIpc) is 2.99. The molecule has 0 radical (unpaired) electrons. The van der Waals surface area contributed by atoms with Crippen molar-refractivity contribution in [3.63, 3.8) is 0 Å². The van der Waals surface area contributed by atoms with E-state index in [-0.39, 0.29) is 0 Å². The van der Waals surface area contributed by atoms with E-state index in [2.05, 4.69) is 66.4 Å². The number of benzene rings is 2. The number of aryl methyl sites for hydroxylation is 1. The zero-order valence-electron chi connectivity index (χ0n) is 11.1. The number of rotatable bonds is 1. The third-order valence-electron chi connectivity index (χ3n) is 4.24. The lowest BCUT2D eigenvalue weighted by molar-refractivity contribution is 0.790. The maximum absolute atomic E-state index is 2.44. The Labute approximate surface area is 114 Å². The molecule has 2 aromatic carbocycles. The van der Waals surface area contributed by atoms with E-state index in [1.165, 1.54) is 41.0 Å². The number of fused-ring (bicyclic) bond motifs is 3. The Morgan fingerprint density at radius 2 is 1.89 bits per heavy atom. The van der Waals surface area contributed by atoms with E-state index in [0.717, 1.165) is 0 Å². The molecular formula is C18H17N. The molecule has 94 valence electrons. The smallest absolute Gasteiger partial charge is 0.0499 e. The van der Waals surface area contributed by atoms with Crippen LogP contribution in [-0.2, 0) is 0 Å². The maximum atomic E-state index is 2.44. The van der Waals surface area contributed by atoms with Gasteiger partial charge in [-0.15, -0.1) is 0 Å². The second-order valence-electron chi connectivity index (χ2n) is 5.49. The predicted octanol–water partition coefficient (Wildman–Crippen LogP) is 4.91. The van der Waals surface area contributed by atoms with Gasteiger partial charge in [-0.2, -0.15) is 0 Å². The second-order valence-corrected chi connectivity index (χ2v) is 5.49. The molecule has 0 saturated carbocycles. The van der Waals surface area contributed by atoms with Gasteiger partial charge in [0.1, 0.15) is 0 Å². The molecule has 1 atom stereocenters. The van der Waals surface area contributed by atoms with Gasteiger partial charge >= 0.3 is 0 Å². The van der Waals surface area contributed by atoms with Crippen LogP contribution in [0.5, 0.6) is 0 Å². The van der Waals surface area contributed by atoms with Gasteiger partial charge in [0.25, 0.3) is 0 Å². The second kappa shape index (κ2) is 3.99. The summed E-state index contributed by atoms with van der Waals surface area (Å²) in [5.74, 6) is 0.607. The minimum absolute atomic E-state index is 0.607. The summed E-state index contributed by atoms with van der Waals surface area (Å²) in [6.45, 7) is 2.17. The fraction of sp³-hybridized carbons (Fsp3) is 0.222. The van der Waals surface area contributed by atoms with Gasteiger partial charge in [-0.1, -0.05) is 36.4 Å². The molecule has 0 aromatic heterocycles. The van der Waals surface area contributed by atoms with Crippen molar-refractivity contribution >= 4 is 11.4 Å². The Balaban J connectivity index is 1.93. The molecule has 0 bridgehead atoms. The summed E-state index contributed by atoms with van der Waals surface area (Å²) in [5, 5.41) is 0. The molecule has 0 spiro atoms. The van der Waals surface area contributed by atoms with Crippen molar-refractivity contribution in [1.29, 1.82) is 0 Å². The van der Waals surface area contributed by atoms with Gasteiger partial charge in [-0.25, -0.2) is 0 Å². The van der Waals surface area contributed by atoms with Crippen LogP contribution in [0.3, 0.4) is 0 Å². The maximum Gasteiger partial charge on any atom is 0.0499 e. The third kappa shape index (κ3) is 1.54. The van der Waals surface area contributed by atoms with Crippen LogP contribution in [0.2, 0.25) is 0 Å². The largest absolute Gasteiger partial charge is 0.314 e. The lowest BCUT2D eigenvalue weighted by Gasteiger charge is -2.22. The number of para-hydroxylation sites is 1. The Bertz CT molecular complexity index is 655. The molecule has 1 heteroatoms. The van der Waals surface area contributed by atoms with Crippen LogP contribution in [-0.4, -0.2) is 0 Å². The normalized spacial score (nSPS) is 20.2. The predicted molar refractivity (Wildman–Crippen MR) is 79.8 cm³/mol.